The summed E-state index contributed by atoms with van der Waals surface area (Å²) >= 11 is 0. The fraction of sp³-hybridized carbons (Fsp3) is 0.938. The van der Waals surface area contributed by atoms with Crippen molar-refractivity contribution in [2.45, 2.75) is 52.0 Å². The highest BCUT2D eigenvalue weighted by atomic mass is 16.5. The van der Waals surface area contributed by atoms with E-state index in [1.54, 1.807) is 7.11 Å². The Morgan fingerprint density at radius 3 is 2.75 bits per heavy atom. The molecule has 2 fully saturated rings. The summed E-state index contributed by atoms with van der Waals surface area (Å²) in [7, 11) is 1.71. The molecule has 1 aliphatic carbocycles. The molecule has 0 aromatic rings. The van der Waals surface area contributed by atoms with Gasteiger partial charge in [0.1, 0.15) is 0 Å². The first-order valence-electron chi connectivity index (χ1n) is 8.15. The van der Waals surface area contributed by atoms with Crippen LogP contribution in [-0.2, 0) is 9.53 Å². The van der Waals surface area contributed by atoms with Crippen molar-refractivity contribution in [3.05, 3.63) is 0 Å². The molecule has 20 heavy (non-hydrogen) atoms. The molecule has 2 rings (SSSR count). The average molecular weight is 282 g/mol. The maximum atomic E-state index is 13.2. The van der Waals surface area contributed by atoms with Gasteiger partial charge in [-0.05, 0) is 45.1 Å². The van der Waals surface area contributed by atoms with E-state index in [1.807, 2.05) is 0 Å². The molecule has 1 saturated heterocycles. The zero-order chi connectivity index (χ0) is 14.6. The van der Waals surface area contributed by atoms with E-state index in [2.05, 4.69) is 24.1 Å². The molecule has 1 aliphatic heterocycles. The highest BCUT2D eigenvalue weighted by Crippen LogP contribution is 2.39. The van der Waals surface area contributed by atoms with Gasteiger partial charge in [0.2, 0.25) is 5.91 Å². The van der Waals surface area contributed by atoms with E-state index in [0.717, 1.165) is 38.9 Å². The Morgan fingerprint density at radius 2 is 2.25 bits per heavy atom. The van der Waals surface area contributed by atoms with Gasteiger partial charge in [-0.15, -0.1) is 0 Å². The average Bonchev–Trinajstić information content (AvgIpc) is 3.19. The topological polar surface area (TPSA) is 41.6 Å². The standard InChI is InChI=1S/C16H30N2O2/c1-4-7-16(8-9-17-12-16)15(19)18(10-11-20-3)13(2)14-5-6-14/h13-14,17H,4-12H2,1-3H3. The summed E-state index contributed by atoms with van der Waals surface area (Å²) in [5, 5.41) is 3.39. The molecule has 116 valence electrons. The van der Waals surface area contributed by atoms with Crippen molar-refractivity contribution in [3.63, 3.8) is 0 Å². The van der Waals surface area contributed by atoms with E-state index in [1.165, 1.54) is 12.8 Å². The summed E-state index contributed by atoms with van der Waals surface area (Å²) in [5.74, 6) is 1.07. The Morgan fingerprint density at radius 1 is 1.50 bits per heavy atom. The number of carbonyl (C=O) groups is 1. The molecule has 0 aromatic heterocycles. The number of hydrogen-bond donors (Lipinski definition) is 1. The van der Waals surface area contributed by atoms with Gasteiger partial charge in [-0.1, -0.05) is 13.3 Å². The first-order chi connectivity index (χ1) is 9.64. The van der Waals surface area contributed by atoms with Crippen molar-refractivity contribution in [1.29, 1.82) is 0 Å². The quantitative estimate of drug-likeness (QED) is 0.741. The van der Waals surface area contributed by atoms with Gasteiger partial charge in [-0.2, -0.15) is 0 Å². The van der Waals surface area contributed by atoms with Gasteiger partial charge < -0.3 is 15.0 Å². The zero-order valence-corrected chi connectivity index (χ0v) is 13.3. The highest BCUT2D eigenvalue weighted by molar-refractivity contribution is 5.83. The van der Waals surface area contributed by atoms with Crippen LogP contribution >= 0.6 is 0 Å². The lowest BCUT2D eigenvalue weighted by atomic mass is 9.80. The number of ether oxygens (including phenoxy) is 1. The van der Waals surface area contributed by atoms with E-state index in [-0.39, 0.29) is 5.41 Å². The van der Waals surface area contributed by atoms with Crippen LogP contribution in [0, 0.1) is 11.3 Å². The van der Waals surface area contributed by atoms with E-state index < -0.39 is 0 Å². The number of nitrogens with one attached hydrogen (secondary N) is 1. The summed E-state index contributed by atoms with van der Waals surface area (Å²) in [5.41, 5.74) is -0.161. The third kappa shape index (κ3) is 3.34. The van der Waals surface area contributed by atoms with Gasteiger partial charge in [-0.3, -0.25) is 4.79 Å². The van der Waals surface area contributed by atoms with Crippen LogP contribution < -0.4 is 5.32 Å². The van der Waals surface area contributed by atoms with Crippen LogP contribution in [0.15, 0.2) is 0 Å². The number of amides is 1. The number of methoxy groups -OCH3 is 1. The van der Waals surface area contributed by atoms with Crippen LogP contribution in [0.1, 0.15) is 46.0 Å². The van der Waals surface area contributed by atoms with Crippen molar-refractivity contribution >= 4 is 5.91 Å². The van der Waals surface area contributed by atoms with Gasteiger partial charge in [-0.25, -0.2) is 0 Å². The van der Waals surface area contributed by atoms with E-state index >= 15 is 0 Å². The van der Waals surface area contributed by atoms with Crippen LogP contribution in [0.4, 0.5) is 0 Å². The van der Waals surface area contributed by atoms with Crippen LogP contribution in [0.25, 0.3) is 0 Å². The van der Waals surface area contributed by atoms with Crippen molar-refractivity contribution in [2.75, 3.05) is 33.4 Å². The lowest BCUT2D eigenvalue weighted by molar-refractivity contribution is -0.145. The smallest absolute Gasteiger partial charge is 0.230 e. The molecule has 4 nitrogen and oxygen atoms in total. The van der Waals surface area contributed by atoms with Gasteiger partial charge >= 0.3 is 0 Å². The molecule has 4 heteroatoms. The molecule has 1 amide bonds. The van der Waals surface area contributed by atoms with Gasteiger partial charge in [0.15, 0.2) is 0 Å². The molecule has 2 atom stereocenters. The van der Waals surface area contributed by atoms with E-state index in [9.17, 15) is 4.79 Å². The molecular weight excluding hydrogens is 252 g/mol. The second-order valence-electron chi connectivity index (χ2n) is 6.53. The maximum absolute atomic E-state index is 13.2. The predicted molar refractivity (Wildman–Crippen MR) is 80.6 cm³/mol. The lowest BCUT2D eigenvalue weighted by Gasteiger charge is -2.37. The Bertz CT molecular complexity index is 322. The summed E-state index contributed by atoms with van der Waals surface area (Å²) in [4.78, 5) is 15.3. The Balaban J connectivity index is 2.10. The number of rotatable bonds is 8. The molecule has 1 saturated carbocycles. The van der Waals surface area contributed by atoms with E-state index in [0.29, 0.717) is 24.5 Å². The minimum Gasteiger partial charge on any atom is -0.383 e. The monoisotopic (exact) mass is 282 g/mol. The minimum atomic E-state index is -0.161. The maximum Gasteiger partial charge on any atom is 0.230 e. The molecule has 0 bridgehead atoms. The number of hydrogen-bond acceptors (Lipinski definition) is 3. The normalized spacial score (nSPS) is 27.6. The van der Waals surface area contributed by atoms with E-state index in [4.69, 9.17) is 4.74 Å². The molecule has 2 aliphatic rings. The van der Waals surface area contributed by atoms with Crippen molar-refractivity contribution in [2.24, 2.45) is 11.3 Å². The fourth-order valence-electron chi connectivity index (χ4n) is 3.54. The van der Waals surface area contributed by atoms with Crippen LogP contribution in [0.2, 0.25) is 0 Å². The summed E-state index contributed by atoms with van der Waals surface area (Å²) in [6, 6.07) is 0.368. The van der Waals surface area contributed by atoms with Gasteiger partial charge in [0, 0.05) is 26.2 Å². The third-order valence-electron chi connectivity index (χ3n) is 5.02. The Labute approximate surface area is 123 Å². The van der Waals surface area contributed by atoms with Crippen molar-refractivity contribution < 1.29 is 9.53 Å². The Hall–Kier alpha value is -0.610. The second kappa shape index (κ2) is 6.90. The summed E-state index contributed by atoms with van der Waals surface area (Å²) in [6.07, 6.45) is 5.61. The van der Waals surface area contributed by atoms with Crippen LogP contribution in [0.5, 0.6) is 0 Å². The molecule has 1 heterocycles. The highest BCUT2D eigenvalue weighted by Gasteiger charge is 2.45. The molecular formula is C16H30N2O2. The fourth-order valence-corrected chi connectivity index (χ4v) is 3.54. The van der Waals surface area contributed by atoms with Gasteiger partial charge in [0.25, 0.3) is 0 Å². The SMILES string of the molecule is CCCC1(C(=O)N(CCOC)C(C)C2CC2)CCNC1. The third-order valence-corrected chi connectivity index (χ3v) is 5.02. The first-order valence-corrected chi connectivity index (χ1v) is 8.15. The van der Waals surface area contributed by atoms with Crippen molar-refractivity contribution in [3.8, 4) is 0 Å². The van der Waals surface area contributed by atoms with Crippen LogP contribution in [0.3, 0.4) is 0 Å². The number of nitrogens with zero attached hydrogens (tertiary/aromatic N) is 1. The lowest BCUT2D eigenvalue weighted by Crippen LogP contribution is -2.50. The van der Waals surface area contributed by atoms with Crippen molar-refractivity contribution in [1.82, 2.24) is 10.2 Å². The summed E-state index contributed by atoms with van der Waals surface area (Å²) < 4.78 is 5.22. The summed E-state index contributed by atoms with van der Waals surface area (Å²) in [6.45, 7) is 7.59. The molecule has 2 unspecified atom stereocenters. The molecule has 0 spiro atoms. The molecule has 1 N–H and O–H groups in total. The first kappa shape index (κ1) is 15.8. The van der Waals surface area contributed by atoms with Crippen LogP contribution in [-0.4, -0.2) is 50.2 Å². The minimum absolute atomic E-state index is 0.161. The second-order valence-corrected chi connectivity index (χ2v) is 6.53. The predicted octanol–water partition coefficient (Wildman–Crippen LogP) is 2.04. The zero-order valence-electron chi connectivity index (χ0n) is 13.3. The Kier molecular flexibility index (Phi) is 5.44. The van der Waals surface area contributed by atoms with Gasteiger partial charge in [0.05, 0.1) is 12.0 Å². The molecule has 0 radical (unpaired) electrons. The largest absolute Gasteiger partial charge is 0.383 e. The number of carbonyl (C=O) groups excluding carboxylic acids is 1. The molecule has 0 aromatic carbocycles.